The van der Waals surface area contributed by atoms with Gasteiger partial charge in [-0.25, -0.2) is 15.0 Å². The highest BCUT2D eigenvalue weighted by molar-refractivity contribution is 5.85. The molecule has 184 valence electrons. The van der Waals surface area contributed by atoms with Crippen LogP contribution in [-0.4, -0.2) is 64.5 Å². The molecule has 9 heteroatoms. The Hall–Kier alpha value is -3.04. The third kappa shape index (κ3) is 4.88. The summed E-state index contributed by atoms with van der Waals surface area (Å²) in [4.78, 5) is 20.5. The minimum Gasteiger partial charge on any atom is -0.488 e. The molecule has 2 bridgehead atoms. The molecule has 1 aromatic carbocycles. The Morgan fingerprint density at radius 2 is 1.80 bits per heavy atom. The molecule has 7 rings (SSSR count). The van der Waals surface area contributed by atoms with Crippen molar-refractivity contribution < 1.29 is 14.2 Å². The zero-order valence-electron chi connectivity index (χ0n) is 20.3. The van der Waals surface area contributed by atoms with E-state index in [9.17, 15) is 0 Å². The molecule has 2 atom stereocenters. The highest BCUT2D eigenvalue weighted by atomic mass is 16.5. The first-order chi connectivity index (χ1) is 17.1. The Labute approximate surface area is 205 Å². The molecular formula is C26H32N6O3. The minimum absolute atomic E-state index is 0.155. The molecule has 0 amide bonds. The van der Waals surface area contributed by atoms with Crippen LogP contribution in [0.5, 0.6) is 5.75 Å². The number of hydrogen-bond acceptors (Lipinski definition) is 9. The monoisotopic (exact) mass is 476 g/mol. The number of nitrogens with zero attached hydrogens (tertiary/aromatic N) is 5. The molecule has 3 saturated heterocycles. The first kappa shape index (κ1) is 22.4. The molecule has 1 saturated carbocycles. The summed E-state index contributed by atoms with van der Waals surface area (Å²) in [6.45, 7) is 4.25. The number of rotatable bonds is 7. The van der Waals surface area contributed by atoms with E-state index in [2.05, 4.69) is 42.3 Å². The second-order valence-corrected chi connectivity index (χ2v) is 9.85. The topological polar surface area (TPSA) is 94.5 Å². The Morgan fingerprint density at radius 3 is 2.57 bits per heavy atom. The van der Waals surface area contributed by atoms with Gasteiger partial charge in [-0.3, -0.25) is 4.98 Å². The summed E-state index contributed by atoms with van der Waals surface area (Å²) in [6, 6.07) is 6.61. The summed E-state index contributed by atoms with van der Waals surface area (Å²) in [5.41, 5.74) is 3.75. The van der Waals surface area contributed by atoms with Gasteiger partial charge in [0.15, 0.2) is 0 Å². The van der Waals surface area contributed by atoms with Gasteiger partial charge in [0, 0.05) is 62.9 Å². The maximum Gasteiger partial charge on any atom is 0.149 e. The summed E-state index contributed by atoms with van der Waals surface area (Å²) in [5.74, 6) is 2.45. The normalized spacial score (nSPS) is 25.8. The quantitative estimate of drug-likeness (QED) is 0.548. The number of hydrogen-bond donors (Lipinski definition) is 1. The van der Waals surface area contributed by atoms with Gasteiger partial charge in [-0.2, -0.15) is 0 Å². The van der Waals surface area contributed by atoms with Crippen LogP contribution in [-0.2, 0) is 16.1 Å². The first-order valence-electron chi connectivity index (χ1n) is 12.5. The van der Waals surface area contributed by atoms with Gasteiger partial charge in [0.2, 0.25) is 0 Å². The van der Waals surface area contributed by atoms with Crippen LogP contribution in [0.3, 0.4) is 0 Å². The fraction of sp³-hybridized carbons (Fsp3) is 0.538. The van der Waals surface area contributed by atoms with E-state index in [4.69, 9.17) is 14.2 Å². The van der Waals surface area contributed by atoms with Crippen molar-refractivity contribution in [2.24, 2.45) is 0 Å². The molecule has 5 heterocycles. The van der Waals surface area contributed by atoms with Gasteiger partial charge < -0.3 is 24.4 Å². The smallest absolute Gasteiger partial charge is 0.149 e. The van der Waals surface area contributed by atoms with Crippen molar-refractivity contribution in [2.45, 2.75) is 70.0 Å². The van der Waals surface area contributed by atoms with E-state index < -0.39 is 0 Å². The van der Waals surface area contributed by atoms with Gasteiger partial charge in [0.25, 0.3) is 0 Å². The number of ether oxygens (including phenoxy) is 3. The van der Waals surface area contributed by atoms with Crippen molar-refractivity contribution in [1.82, 2.24) is 19.9 Å². The molecule has 3 aliphatic heterocycles. The predicted molar refractivity (Wildman–Crippen MR) is 133 cm³/mol. The molecule has 2 unspecified atom stereocenters. The maximum absolute atomic E-state index is 6.58. The van der Waals surface area contributed by atoms with Crippen molar-refractivity contribution in [2.75, 3.05) is 30.4 Å². The molecule has 0 spiro atoms. The number of benzene rings is 1. The summed E-state index contributed by atoms with van der Waals surface area (Å²) in [5, 5.41) is 3.59. The Kier molecular flexibility index (Phi) is 6.12. The molecule has 4 aliphatic rings. The maximum atomic E-state index is 6.58. The predicted octanol–water partition coefficient (Wildman–Crippen LogP) is 3.65. The number of methoxy groups -OCH3 is 1. The zero-order valence-corrected chi connectivity index (χ0v) is 20.3. The lowest BCUT2D eigenvalue weighted by molar-refractivity contribution is -0.133. The molecular weight excluding hydrogens is 444 g/mol. The molecule has 4 fully saturated rings. The van der Waals surface area contributed by atoms with Crippen LogP contribution < -0.4 is 15.0 Å². The summed E-state index contributed by atoms with van der Waals surface area (Å²) >= 11 is 0. The average molecular weight is 477 g/mol. The number of nitrogens with one attached hydrogen (secondary N) is 1. The number of aromatic nitrogens is 4. The van der Waals surface area contributed by atoms with Crippen LogP contribution in [0.15, 0.2) is 30.6 Å². The summed E-state index contributed by atoms with van der Waals surface area (Å²) < 4.78 is 17.6. The molecule has 1 N–H and O–H groups in total. The average Bonchev–Trinajstić information content (AvgIpc) is 2.85. The van der Waals surface area contributed by atoms with Crippen molar-refractivity contribution in [3.63, 3.8) is 0 Å². The van der Waals surface area contributed by atoms with Crippen LogP contribution in [0.4, 0.5) is 11.5 Å². The second kappa shape index (κ2) is 9.54. The fourth-order valence-electron chi connectivity index (χ4n) is 5.51. The van der Waals surface area contributed by atoms with Crippen molar-refractivity contribution in [3.05, 3.63) is 42.1 Å². The SMILES string of the molecule is COCc1cc(NC2CCC(Oc3cc(N4CC5CC(C4)O5)cc4nccnc34)CC2)nc(C)n1. The number of anilines is 2. The molecule has 1 aliphatic carbocycles. The van der Waals surface area contributed by atoms with Gasteiger partial charge in [-0.15, -0.1) is 0 Å². The van der Waals surface area contributed by atoms with E-state index in [0.29, 0.717) is 24.9 Å². The van der Waals surface area contributed by atoms with Gasteiger partial charge >= 0.3 is 0 Å². The van der Waals surface area contributed by atoms with Gasteiger partial charge in [0.05, 0.1) is 36.1 Å². The van der Waals surface area contributed by atoms with E-state index in [1.807, 2.05) is 13.0 Å². The van der Waals surface area contributed by atoms with Crippen molar-refractivity contribution in [3.8, 4) is 5.75 Å². The van der Waals surface area contributed by atoms with Gasteiger partial charge in [0.1, 0.15) is 22.9 Å². The van der Waals surface area contributed by atoms with Gasteiger partial charge in [-0.1, -0.05) is 0 Å². The lowest BCUT2D eigenvalue weighted by Crippen LogP contribution is -2.57. The van der Waals surface area contributed by atoms with E-state index in [0.717, 1.165) is 78.6 Å². The summed E-state index contributed by atoms with van der Waals surface area (Å²) in [7, 11) is 1.68. The van der Waals surface area contributed by atoms with Crippen LogP contribution in [0, 0.1) is 6.92 Å². The lowest BCUT2D eigenvalue weighted by atomic mass is 9.93. The molecule has 0 radical (unpaired) electrons. The third-order valence-corrected chi connectivity index (χ3v) is 7.15. The first-order valence-corrected chi connectivity index (χ1v) is 12.5. The molecule has 2 aromatic heterocycles. The van der Waals surface area contributed by atoms with E-state index in [1.165, 1.54) is 6.42 Å². The standard InChI is InChI=1S/C26H32N6O3/c1-16-29-18(15-33-2)9-25(30-16)31-17-3-5-20(6-4-17)35-24-11-19(10-23-26(24)28-8-7-27-23)32-13-21-12-22(14-32)34-21/h7-11,17,20-22H,3-6,12-15H2,1-2H3,(H,29,30,31). The number of aryl methyl sites for hydroxylation is 1. The molecule has 3 aromatic rings. The zero-order chi connectivity index (χ0) is 23.8. The van der Waals surface area contributed by atoms with E-state index in [-0.39, 0.29) is 6.10 Å². The van der Waals surface area contributed by atoms with Gasteiger partial charge in [-0.05, 0) is 38.7 Å². The Morgan fingerprint density at radius 1 is 1.03 bits per heavy atom. The highest BCUT2D eigenvalue weighted by Crippen LogP contribution is 2.36. The minimum atomic E-state index is 0.155. The molecule has 9 nitrogen and oxygen atoms in total. The third-order valence-electron chi connectivity index (χ3n) is 7.15. The fourth-order valence-corrected chi connectivity index (χ4v) is 5.51. The summed E-state index contributed by atoms with van der Waals surface area (Å²) in [6.07, 6.45) is 9.49. The van der Waals surface area contributed by atoms with Crippen molar-refractivity contribution >= 4 is 22.5 Å². The number of fused-ring (bicyclic) bond motifs is 3. The Bertz CT molecular complexity index is 1180. The molecule has 35 heavy (non-hydrogen) atoms. The Balaban J connectivity index is 1.13. The number of morpholine rings is 1. The van der Waals surface area contributed by atoms with Crippen LogP contribution >= 0.6 is 0 Å². The van der Waals surface area contributed by atoms with E-state index in [1.54, 1.807) is 19.5 Å². The van der Waals surface area contributed by atoms with Crippen LogP contribution in [0.1, 0.15) is 43.6 Å². The number of piperidine rings is 1. The van der Waals surface area contributed by atoms with Crippen LogP contribution in [0.25, 0.3) is 11.0 Å². The second-order valence-electron chi connectivity index (χ2n) is 9.85. The van der Waals surface area contributed by atoms with Crippen LogP contribution in [0.2, 0.25) is 0 Å². The lowest BCUT2D eigenvalue weighted by Gasteiger charge is -2.48. The highest BCUT2D eigenvalue weighted by Gasteiger charge is 2.38. The van der Waals surface area contributed by atoms with E-state index >= 15 is 0 Å². The van der Waals surface area contributed by atoms with Crippen molar-refractivity contribution in [1.29, 1.82) is 0 Å². The largest absolute Gasteiger partial charge is 0.488 e.